The van der Waals surface area contributed by atoms with E-state index in [4.69, 9.17) is 63.1 Å². The largest absolute Gasteiger partial charge is 0.481 e. The highest BCUT2D eigenvalue weighted by molar-refractivity contribution is 6.56. The summed E-state index contributed by atoms with van der Waals surface area (Å²) >= 11 is 29.8. The minimum atomic E-state index is -4.82. The van der Waals surface area contributed by atoms with Gasteiger partial charge in [-0.2, -0.15) is 13.2 Å². The number of aromatic nitrogens is 1. The average molecular weight is 453 g/mol. The normalized spacial score (nSPS) is 11.7. The summed E-state index contributed by atoms with van der Waals surface area (Å²) < 4.78 is 39.8. The predicted molar refractivity (Wildman–Crippen MR) is 91.1 cm³/mol. The van der Waals surface area contributed by atoms with Crippen LogP contribution in [-0.2, 0) is 17.4 Å². The molecule has 3 nitrogen and oxygen atoms in total. The third-order valence-corrected chi connectivity index (χ3v) is 5.41. The van der Waals surface area contributed by atoms with E-state index in [1.165, 1.54) is 0 Å². The number of alkyl halides is 3. The van der Waals surface area contributed by atoms with Crippen LogP contribution in [0, 0.1) is 0 Å². The van der Waals surface area contributed by atoms with Gasteiger partial charge in [-0.05, 0) is 6.07 Å². The number of carbonyl (C=O) groups is 1. The van der Waals surface area contributed by atoms with Crippen molar-refractivity contribution in [3.8, 4) is 11.3 Å². The molecule has 0 atom stereocenters. The Morgan fingerprint density at radius 3 is 1.92 bits per heavy atom. The smallest absolute Gasteiger partial charge is 0.416 e. The maximum Gasteiger partial charge on any atom is 0.416 e. The van der Waals surface area contributed by atoms with E-state index in [9.17, 15) is 18.0 Å². The number of halogens is 8. The number of rotatable bonds is 3. The van der Waals surface area contributed by atoms with E-state index in [2.05, 4.69) is 4.98 Å². The molecule has 2 aromatic rings. The summed E-state index contributed by atoms with van der Waals surface area (Å²) in [6.45, 7) is 0. The van der Waals surface area contributed by atoms with Crippen LogP contribution < -0.4 is 0 Å². The Morgan fingerprint density at radius 2 is 1.48 bits per heavy atom. The van der Waals surface area contributed by atoms with E-state index in [0.29, 0.717) is 6.07 Å². The fraction of sp³-hybridized carbons (Fsp3) is 0.143. The first-order chi connectivity index (χ1) is 11.5. The number of benzene rings is 1. The molecule has 2 rings (SSSR count). The van der Waals surface area contributed by atoms with Gasteiger partial charge in [0, 0.05) is 17.3 Å². The Kier molecular flexibility index (Phi) is 6.01. The van der Waals surface area contributed by atoms with Crippen LogP contribution in [0.3, 0.4) is 0 Å². The molecular formula is C14H5Cl5F3NO2. The Bertz CT molecular complexity index is 842. The number of pyridine rings is 1. The highest BCUT2D eigenvalue weighted by Gasteiger charge is 2.36. The standard InChI is InChI=1S/C14H5Cl5F3NO2/c15-8-7(9(16)11(18)12(19)10(8)17)13-4(3-6(24)25)5(1-2-23-13)14(20,21)22/h1-2H,3H2,(H,24,25). The molecular weight excluding hydrogens is 448 g/mol. The van der Waals surface area contributed by atoms with Gasteiger partial charge in [-0.1, -0.05) is 58.0 Å². The monoisotopic (exact) mass is 451 g/mol. The molecule has 0 radical (unpaired) electrons. The minimum Gasteiger partial charge on any atom is -0.481 e. The van der Waals surface area contributed by atoms with Gasteiger partial charge in [0.25, 0.3) is 0 Å². The summed E-state index contributed by atoms with van der Waals surface area (Å²) in [5, 5.41) is 7.73. The van der Waals surface area contributed by atoms with Gasteiger partial charge in [0.15, 0.2) is 0 Å². The number of carboxylic acid groups (broad SMARTS) is 1. The lowest BCUT2D eigenvalue weighted by molar-refractivity contribution is -0.139. The van der Waals surface area contributed by atoms with E-state index in [1.807, 2.05) is 0 Å². The number of carboxylic acids is 1. The van der Waals surface area contributed by atoms with Crippen molar-refractivity contribution >= 4 is 64.0 Å². The maximum absolute atomic E-state index is 13.3. The van der Waals surface area contributed by atoms with Crippen molar-refractivity contribution in [2.75, 3.05) is 0 Å². The number of nitrogens with zero attached hydrogens (tertiary/aromatic N) is 1. The summed E-state index contributed by atoms with van der Waals surface area (Å²) in [6, 6.07) is 0.655. The molecule has 25 heavy (non-hydrogen) atoms. The quantitative estimate of drug-likeness (QED) is 0.418. The number of hydrogen-bond acceptors (Lipinski definition) is 2. The number of hydrogen-bond donors (Lipinski definition) is 1. The van der Waals surface area contributed by atoms with Gasteiger partial charge in [-0.25, -0.2) is 0 Å². The first-order valence-electron chi connectivity index (χ1n) is 6.25. The third kappa shape index (κ3) is 3.93. The van der Waals surface area contributed by atoms with Crippen LogP contribution >= 0.6 is 58.0 Å². The molecule has 1 heterocycles. The molecule has 1 aromatic carbocycles. The first kappa shape index (κ1) is 20.4. The average Bonchev–Trinajstić information content (AvgIpc) is 2.51. The fourth-order valence-electron chi connectivity index (χ4n) is 2.12. The van der Waals surface area contributed by atoms with Gasteiger partial charge < -0.3 is 5.11 Å². The van der Waals surface area contributed by atoms with Crippen molar-refractivity contribution in [3.05, 3.63) is 48.5 Å². The Morgan fingerprint density at radius 1 is 1.00 bits per heavy atom. The zero-order valence-electron chi connectivity index (χ0n) is 11.7. The molecule has 0 aliphatic carbocycles. The van der Waals surface area contributed by atoms with Gasteiger partial charge in [0.05, 0.1) is 42.8 Å². The van der Waals surface area contributed by atoms with Crippen LogP contribution in [0.1, 0.15) is 11.1 Å². The van der Waals surface area contributed by atoms with E-state index in [1.54, 1.807) is 0 Å². The maximum atomic E-state index is 13.3. The van der Waals surface area contributed by atoms with E-state index in [-0.39, 0.29) is 30.7 Å². The predicted octanol–water partition coefficient (Wildman–Crippen LogP) is 6.66. The zero-order chi connectivity index (χ0) is 19.1. The lowest BCUT2D eigenvalue weighted by Gasteiger charge is -2.18. The second-order valence-electron chi connectivity index (χ2n) is 4.70. The second-order valence-corrected chi connectivity index (χ2v) is 6.59. The van der Waals surface area contributed by atoms with Crippen molar-refractivity contribution in [1.29, 1.82) is 0 Å². The molecule has 0 aliphatic rings. The third-order valence-electron chi connectivity index (χ3n) is 3.14. The molecule has 0 fully saturated rings. The lowest BCUT2D eigenvalue weighted by atomic mass is 9.98. The van der Waals surface area contributed by atoms with E-state index in [0.717, 1.165) is 6.20 Å². The molecule has 0 saturated heterocycles. The summed E-state index contributed by atoms with van der Waals surface area (Å²) in [5.74, 6) is -1.50. The highest BCUT2D eigenvalue weighted by atomic mass is 35.5. The molecule has 0 saturated carbocycles. The van der Waals surface area contributed by atoms with Crippen molar-refractivity contribution < 1.29 is 23.1 Å². The van der Waals surface area contributed by atoms with Crippen LogP contribution in [0.15, 0.2) is 12.3 Å². The molecule has 134 valence electrons. The van der Waals surface area contributed by atoms with Crippen molar-refractivity contribution in [1.82, 2.24) is 4.98 Å². The fourth-order valence-corrected chi connectivity index (χ4v) is 3.43. The Hall–Kier alpha value is -0.920. The second kappa shape index (κ2) is 7.37. The van der Waals surface area contributed by atoms with Gasteiger partial charge in [-0.3, -0.25) is 9.78 Å². The van der Waals surface area contributed by atoms with E-state index >= 15 is 0 Å². The first-order valence-corrected chi connectivity index (χ1v) is 8.14. The SMILES string of the molecule is O=C(O)Cc1c(C(F)(F)F)ccnc1-c1c(Cl)c(Cl)c(Cl)c(Cl)c1Cl. The molecule has 0 bridgehead atoms. The van der Waals surface area contributed by atoms with Crippen LogP contribution in [0.2, 0.25) is 25.1 Å². The summed E-state index contributed by atoms with van der Waals surface area (Å²) in [6.07, 6.45) is -4.93. The molecule has 0 unspecified atom stereocenters. The number of aliphatic carboxylic acids is 1. The van der Waals surface area contributed by atoms with E-state index < -0.39 is 35.4 Å². The van der Waals surface area contributed by atoms with Gasteiger partial charge in [0.2, 0.25) is 0 Å². The van der Waals surface area contributed by atoms with Crippen LogP contribution in [0.25, 0.3) is 11.3 Å². The highest BCUT2D eigenvalue weighted by Crippen LogP contribution is 2.49. The topological polar surface area (TPSA) is 50.2 Å². The van der Waals surface area contributed by atoms with Gasteiger partial charge in [-0.15, -0.1) is 0 Å². The molecule has 1 aromatic heterocycles. The summed E-state index contributed by atoms with van der Waals surface area (Å²) in [4.78, 5) is 14.9. The van der Waals surface area contributed by atoms with Gasteiger partial charge in [0.1, 0.15) is 0 Å². The van der Waals surface area contributed by atoms with Crippen LogP contribution in [0.5, 0.6) is 0 Å². The van der Waals surface area contributed by atoms with Crippen LogP contribution in [0.4, 0.5) is 13.2 Å². The minimum absolute atomic E-state index is 0.186. The van der Waals surface area contributed by atoms with Gasteiger partial charge >= 0.3 is 12.1 Å². The Labute approximate surface area is 164 Å². The van der Waals surface area contributed by atoms with Crippen molar-refractivity contribution in [3.63, 3.8) is 0 Å². The molecule has 11 heteroatoms. The molecule has 0 aliphatic heterocycles. The van der Waals surface area contributed by atoms with Crippen molar-refractivity contribution in [2.24, 2.45) is 0 Å². The lowest BCUT2D eigenvalue weighted by Crippen LogP contribution is -2.14. The Balaban J connectivity index is 2.92. The summed E-state index contributed by atoms with van der Waals surface area (Å²) in [5.41, 5.74) is -2.44. The molecule has 1 N–H and O–H groups in total. The summed E-state index contributed by atoms with van der Waals surface area (Å²) in [7, 11) is 0. The molecule has 0 amide bonds. The van der Waals surface area contributed by atoms with Crippen molar-refractivity contribution in [2.45, 2.75) is 12.6 Å². The zero-order valence-corrected chi connectivity index (χ0v) is 15.5. The molecule has 0 spiro atoms. The van der Waals surface area contributed by atoms with Crippen LogP contribution in [-0.4, -0.2) is 16.1 Å².